The third-order valence-corrected chi connectivity index (χ3v) is 3.65. The lowest BCUT2D eigenvalue weighted by Crippen LogP contribution is -1.98. The molecule has 0 aliphatic rings. The number of nitrogens with zero attached hydrogens (tertiary/aromatic N) is 3. The molecule has 2 heterocycles. The fourth-order valence-corrected chi connectivity index (χ4v) is 2.60. The highest BCUT2D eigenvalue weighted by Crippen LogP contribution is 2.22. The number of thiazole rings is 1. The quantitative estimate of drug-likeness (QED) is 0.732. The number of nitrogens with one attached hydrogen (secondary N) is 1. The molecule has 0 aliphatic heterocycles. The molecule has 0 fully saturated rings. The van der Waals surface area contributed by atoms with Gasteiger partial charge in [-0.1, -0.05) is 12.1 Å². The van der Waals surface area contributed by atoms with Gasteiger partial charge in [-0.05, 0) is 19.1 Å². The highest BCUT2D eigenvalue weighted by molar-refractivity contribution is 7.18. The maximum atomic E-state index is 4.55. The Kier molecular flexibility index (Phi) is 2.90. The van der Waals surface area contributed by atoms with E-state index in [1.807, 2.05) is 25.1 Å². The number of para-hydroxylation sites is 1. The molecule has 0 unspecified atom stereocenters. The van der Waals surface area contributed by atoms with Crippen LogP contribution >= 0.6 is 11.3 Å². The summed E-state index contributed by atoms with van der Waals surface area (Å²) in [7, 11) is 0. The minimum atomic E-state index is 0.603. The van der Waals surface area contributed by atoms with E-state index in [0.717, 1.165) is 22.1 Å². The van der Waals surface area contributed by atoms with Crippen molar-refractivity contribution in [2.75, 3.05) is 0 Å². The lowest BCUT2D eigenvalue weighted by molar-refractivity contribution is 1.04. The first-order valence-electron chi connectivity index (χ1n) is 5.68. The van der Waals surface area contributed by atoms with Gasteiger partial charge in [-0.2, -0.15) is 0 Å². The summed E-state index contributed by atoms with van der Waals surface area (Å²) in [5, 5.41) is 1.03. The number of aliphatic imine (C=N–C) groups is 1. The smallest absolute Gasteiger partial charge is 0.150 e. The standard InChI is InChI=1S/C13H12N4S/c1-9(13-14-6-7-15-13)16-8-12-17-10-4-2-3-5-11(10)18-12/h2-7H,8H2,1H3,(H,14,15). The normalized spacial score (nSPS) is 12.2. The lowest BCUT2D eigenvalue weighted by atomic mass is 10.3. The van der Waals surface area contributed by atoms with E-state index in [0.29, 0.717) is 6.54 Å². The number of H-pyrrole nitrogens is 1. The highest BCUT2D eigenvalue weighted by atomic mass is 32.1. The zero-order valence-corrected chi connectivity index (χ0v) is 10.7. The van der Waals surface area contributed by atoms with E-state index in [4.69, 9.17) is 0 Å². The minimum Gasteiger partial charge on any atom is -0.344 e. The van der Waals surface area contributed by atoms with Crippen LogP contribution in [0.2, 0.25) is 0 Å². The van der Waals surface area contributed by atoms with Gasteiger partial charge in [-0.15, -0.1) is 11.3 Å². The van der Waals surface area contributed by atoms with E-state index in [1.54, 1.807) is 23.7 Å². The van der Waals surface area contributed by atoms with Crippen molar-refractivity contribution >= 4 is 27.3 Å². The average Bonchev–Trinajstić information content (AvgIpc) is 3.04. The number of rotatable bonds is 3. The van der Waals surface area contributed by atoms with Gasteiger partial charge in [0.15, 0.2) is 5.82 Å². The van der Waals surface area contributed by atoms with Gasteiger partial charge in [-0.3, -0.25) is 4.99 Å². The van der Waals surface area contributed by atoms with Crippen LogP contribution in [0.15, 0.2) is 41.7 Å². The first-order valence-corrected chi connectivity index (χ1v) is 6.50. The number of imidazole rings is 1. The van der Waals surface area contributed by atoms with Crippen LogP contribution in [0.25, 0.3) is 10.2 Å². The van der Waals surface area contributed by atoms with Gasteiger partial charge >= 0.3 is 0 Å². The number of aromatic amines is 1. The second-order valence-electron chi connectivity index (χ2n) is 3.91. The number of hydrogen-bond donors (Lipinski definition) is 1. The van der Waals surface area contributed by atoms with E-state index >= 15 is 0 Å². The first kappa shape index (κ1) is 11.1. The van der Waals surface area contributed by atoms with Crippen molar-refractivity contribution in [1.29, 1.82) is 0 Å². The maximum absolute atomic E-state index is 4.55. The molecule has 5 heteroatoms. The Balaban J connectivity index is 1.82. The third-order valence-electron chi connectivity index (χ3n) is 2.63. The minimum absolute atomic E-state index is 0.603. The first-order chi connectivity index (χ1) is 8.83. The Bertz CT molecular complexity index is 649. The summed E-state index contributed by atoms with van der Waals surface area (Å²) in [5.74, 6) is 0.816. The van der Waals surface area contributed by atoms with Gasteiger partial charge in [0.1, 0.15) is 5.01 Å². The predicted molar refractivity (Wildman–Crippen MR) is 74.1 cm³/mol. The van der Waals surface area contributed by atoms with Gasteiger partial charge in [0.2, 0.25) is 0 Å². The van der Waals surface area contributed by atoms with Gasteiger partial charge in [0, 0.05) is 12.4 Å². The van der Waals surface area contributed by atoms with Crippen molar-refractivity contribution in [2.24, 2.45) is 4.99 Å². The van der Waals surface area contributed by atoms with E-state index in [-0.39, 0.29) is 0 Å². The largest absolute Gasteiger partial charge is 0.344 e. The van der Waals surface area contributed by atoms with E-state index in [1.165, 1.54) is 4.70 Å². The third kappa shape index (κ3) is 2.17. The zero-order valence-electron chi connectivity index (χ0n) is 9.92. The number of hydrogen-bond acceptors (Lipinski definition) is 4. The predicted octanol–water partition coefficient (Wildman–Crippen LogP) is 3.03. The second-order valence-corrected chi connectivity index (χ2v) is 5.03. The molecule has 0 bridgehead atoms. The Labute approximate surface area is 108 Å². The molecule has 0 radical (unpaired) electrons. The summed E-state index contributed by atoms with van der Waals surface area (Å²) in [6.45, 7) is 2.55. The molecule has 0 saturated carbocycles. The van der Waals surface area contributed by atoms with Crippen LogP contribution in [0.4, 0.5) is 0 Å². The van der Waals surface area contributed by atoms with Crippen LogP contribution < -0.4 is 0 Å². The molecular formula is C13H12N4S. The van der Waals surface area contributed by atoms with Crippen molar-refractivity contribution < 1.29 is 0 Å². The molecular weight excluding hydrogens is 244 g/mol. The Morgan fingerprint density at radius 1 is 1.39 bits per heavy atom. The average molecular weight is 256 g/mol. The van der Waals surface area contributed by atoms with Crippen LogP contribution in [-0.2, 0) is 6.54 Å². The molecule has 18 heavy (non-hydrogen) atoms. The zero-order chi connectivity index (χ0) is 12.4. The molecule has 90 valence electrons. The van der Waals surface area contributed by atoms with Crippen LogP contribution in [0.5, 0.6) is 0 Å². The Morgan fingerprint density at radius 2 is 2.28 bits per heavy atom. The van der Waals surface area contributed by atoms with Gasteiger partial charge in [0.25, 0.3) is 0 Å². The summed E-state index contributed by atoms with van der Waals surface area (Å²) >= 11 is 1.69. The molecule has 3 aromatic rings. The summed E-state index contributed by atoms with van der Waals surface area (Å²) in [4.78, 5) is 16.3. The highest BCUT2D eigenvalue weighted by Gasteiger charge is 2.03. The summed E-state index contributed by atoms with van der Waals surface area (Å²) in [6, 6.07) is 8.14. The molecule has 0 aliphatic carbocycles. The van der Waals surface area contributed by atoms with Crippen molar-refractivity contribution in [1.82, 2.24) is 15.0 Å². The SMILES string of the molecule is CC(=NCc1nc2ccccc2s1)c1ncc[nH]1. The van der Waals surface area contributed by atoms with E-state index in [2.05, 4.69) is 26.0 Å². The fourth-order valence-electron chi connectivity index (χ4n) is 1.71. The van der Waals surface area contributed by atoms with Crippen LogP contribution in [-0.4, -0.2) is 20.7 Å². The van der Waals surface area contributed by atoms with E-state index < -0.39 is 0 Å². The number of benzene rings is 1. The van der Waals surface area contributed by atoms with Gasteiger partial charge in [0.05, 0.1) is 22.5 Å². The van der Waals surface area contributed by atoms with Crippen molar-refractivity contribution in [3.8, 4) is 0 Å². The molecule has 1 aromatic carbocycles. The topological polar surface area (TPSA) is 53.9 Å². The molecule has 0 saturated heterocycles. The molecule has 0 atom stereocenters. The lowest BCUT2D eigenvalue weighted by Gasteiger charge is -1.94. The van der Waals surface area contributed by atoms with E-state index in [9.17, 15) is 0 Å². The molecule has 0 amide bonds. The molecule has 3 rings (SSSR count). The number of aromatic nitrogens is 3. The fraction of sp³-hybridized carbons (Fsp3) is 0.154. The number of fused-ring (bicyclic) bond motifs is 1. The molecule has 0 spiro atoms. The summed E-state index contributed by atoms with van der Waals surface area (Å²) in [6.07, 6.45) is 3.53. The van der Waals surface area contributed by atoms with Crippen molar-refractivity contribution in [3.63, 3.8) is 0 Å². The van der Waals surface area contributed by atoms with Crippen molar-refractivity contribution in [2.45, 2.75) is 13.5 Å². The molecule has 1 N–H and O–H groups in total. The van der Waals surface area contributed by atoms with Gasteiger partial charge < -0.3 is 4.98 Å². The molecule has 4 nitrogen and oxygen atoms in total. The Morgan fingerprint density at radius 3 is 3.06 bits per heavy atom. The molecule has 2 aromatic heterocycles. The second kappa shape index (κ2) is 4.70. The Hall–Kier alpha value is -2.01. The maximum Gasteiger partial charge on any atom is 0.150 e. The van der Waals surface area contributed by atoms with Crippen LogP contribution in [0, 0.1) is 0 Å². The summed E-state index contributed by atoms with van der Waals surface area (Å²) in [5.41, 5.74) is 1.95. The van der Waals surface area contributed by atoms with Crippen molar-refractivity contribution in [3.05, 3.63) is 47.5 Å². The van der Waals surface area contributed by atoms with Crippen LogP contribution in [0.1, 0.15) is 17.8 Å². The summed E-state index contributed by atoms with van der Waals surface area (Å²) < 4.78 is 1.21. The van der Waals surface area contributed by atoms with Crippen LogP contribution in [0.3, 0.4) is 0 Å². The monoisotopic (exact) mass is 256 g/mol. The van der Waals surface area contributed by atoms with Gasteiger partial charge in [-0.25, -0.2) is 9.97 Å².